The molecule has 0 aliphatic heterocycles. The minimum atomic E-state index is -1.03. The molecule has 1 N–H and O–H groups in total. The SMILES string of the molecule is O=C(O)c1cnc2ccccc2c1Sc1ccc(F)cc1. The average Bonchev–Trinajstić information content (AvgIpc) is 2.49. The lowest BCUT2D eigenvalue weighted by Gasteiger charge is -2.09. The number of carboxylic acids is 1. The maximum atomic E-state index is 13.0. The van der Waals surface area contributed by atoms with Crippen LogP contribution in [0, 0.1) is 5.82 Å². The molecule has 0 radical (unpaired) electrons. The van der Waals surface area contributed by atoms with Crippen LogP contribution >= 0.6 is 11.8 Å². The fourth-order valence-corrected chi connectivity index (χ4v) is 3.04. The third kappa shape index (κ3) is 2.73. The molecule has 0 saturated heterocycles. The zero-order valence-corrected chi connectivity index (χ0v) is 11.6. The van der Waals surface area contributed by atoms with Gasteiger partial charge in [0, 0.05) is 21.4 Å². The second-order valence-electron chi connectivity index (χ2n) is 4.38. The van der Waals surface area contributed by atoms with Crippen molar-refractivity contribution < 1.29 is 14.3 Å². The first-order valence-corrected chi connectivity index (χ1v) is 7.01. The monoisotopic (exact) mass is 299 g/mol. The number of fused-ring (bicyclic) bond motifs is 1. The molecule has 0 saturated carbocycles. The summed E-state index contributed by atoms with van der Waals surface area (Å²) in [6.45, 7) is 0. The molecule has 0 spiro atoms. The molecule has 0 atom stereocenters. The van der Waals surface area contributed by atoms with Crippen LogP contribution in [0.1, 0.15) is 10.4 Å². The third-order valence-corrected chi connectivity index (χ3v) is 4.14. The molecule has 0 unspecified atom stereocenters. The molecule has 0 aliphatic rings. The molecular formula is C16H10FNO2S. The van der Waals surface area contributed by atoms with Crippen LogP contribution < -0.4 is 0 Å². The predicted molar refractivity (Wildman–Crippen MR) is 79.2 cm³/mol. The van der Waals surface area contributed by atoms with Gasteiger partial charge in [-0.15, -0.1) is 0 Å². The van der Waals surface area contributed by atoms with Gasteiger partial charge in [-0.3, -0.25) is 4.98 Å². The average molecular weight is 299 g/mol. The number of pyridine rings is 1. The third-order valence-electron chi connectivity index (χ3n) is 2.99. The first-order valence-electron chi connectivity index (χ1n) is 6.19. The van der Waals surface area contributed by atoms with Crippen LogP contribution in [-0.4, -0.2) is 16.1 Å². The fraction of sp³-hybridized carbons (Fsp3) is 0. The van der Waals surface area contributed by atoms with Crippen molar-refractivity contribution in [1.82, 2.24) is 4.98 Å². The van der Waals surface area contributed by atoms with Gasteiger partial charge in [0.25, 0.3) is 0 Å². The summed E-state index contributed by atoms with van der Waals surface area (Å²) in [7, 11) is 0. The summed E-state index contributed by atoms with van der Waals surface area (Å²) < 4.78 is 13.0. The molecule has 5 heteroatoms. The number of carbonyl (C=O) groups is 1. The van der Waals surface area contributed by atoms with Gasteiger partial charge < -0.3 is 5.11 Å². The number of carboxylic acid groups (broad SMARTS) is 1. The lowest BCUT2D eigenvalue weighted by atomic mass is 10.1. The topological polar surface area (TPSA) is 50.2 Å². The number of rotatable bonds is 3. The van der Waals surface area contributed by atoms with Gasteiger partial charge >= 0.3 is 5.97 Å². The number of halogens is 1. The summed E-state index contributed by atoms with van der Waals surface area (Å²) in [5, 5.41) is 10.1. The number of nitrogens with zero attached hydrogens (tertiary/aromatic N) is 1. The van der Waals surface area contributed by atoms with Crippen LogP contribution in [0.5, 0.6) is 0 Å². The molecule has 21 heavy (non-hydrogen) atoms. The van der Waals surface area contributed by atoms with E-state index in [4.69, 9.17) is 0 Å². The summed E-state index contributed by atoms with van der Waals surface area (Å²) in [4.78, 5) is 16.9. The van der Waals surface area contributed by atoms with Crippen molar-refractivity contribution in [3.05, 3.63) is 66.1 Å². The molecule has 0 amide bonds. The number of hydrogen-bond acceptors (Lipinski definition) is 3. The predicted octanol–water partition coefficient (Wildman–Crippen LogP) is 4.22. The highest BCUT2D eigenvalue weighted by Crippen LogP contribution is 2.35. The van der Waals surface area contributed by atoms with E-state index in [0.717, 1.165) is 15.8 Å². The molecule has 0 fully saturated rings. The zero-order chi connectivity index (χ0) is 14.8. The lowest BCUT2D eigenvalue weighted by Crippen LogP contribution is -2.00. The Kier molecular flexibility index (Phi) is 3.58. The summed E-state index contributed by atoms with van der Waals surface area (Å²) in [5.74, 6) is -1.35. The summed E-state index contributed by atoms with van der Waals surface area (Å²) >= 11 is 1.29. The smallest absolute Gasteiger partial charge is 0.338 e. The van der Waals surface area contributed by atoms with E-state index in [0.29, 0.717) is 4.90 Å². The normalized spacial score (nSPS) is 10.7. The fourth-order valence-electron chi connectivity index (χ4n) is 2.00. The molecule has 3 aromatic rings. The second kappa shape index (κ2) is 5.54. The molecular weight excluding hydrogens is 289 g/mol. The summed E-state index contributed by atoms with van der Waals surface area (Å²) in [5.41, 5.74) is 0.870. The highest BCUT2D eigenvalue weighted by atomic mass is 32.2. The largest absolute Gasteiger partial charge is 0.478 e. The van der Waals surface area contributed by atoms with Crippen molar-refractivity contribution in [2.45, 2.75) is 9.79 Å². The van der Waals surface area contributed by atoms with Crippen LogP contribution in [0.3, 0.4) is 0 Å². The zero-order valence-electron chi connectivity index (χ0n) is 10.8. The number of para-hydroxylation sites is 1. The Hall–Kier alpha value is -2.40. The van der Waals surface area contributed by atoms with Crippen LogP contribution in [0.2, 0.25) is 0 Å². The van der Waals surface area contributed by atoms with E-state index in [1.165, 1.54) is 30.1 Å². The molecule has 1 aromatic heterocycles. The van der Waals surface area contributed by atoms with Gasteiger partial charge in [-0.05, 0) is 30.3 Å². The van der Waals surface area contributed by atoms with Crippen LogP contribution in [0.25, 0.3) is 10.9 Å². The molecule has 0 bridgehead atoms. The highest BCUT2D eigenvalue weighted by Gasteiger charge is 2.15. The first kappa shape index (κ1) is 13.6. The Morgan fingerprint density at radius 1 is 1.10 bits per heavy atom. The van der Waals surface area contributed by atoms with Crippen molar-refractivity contribution in [2.75, 3.05) is 0 Å². The molecule has 104 valence electrons. The summed E-state index contributed by atoms with van der Waals surface area (Å²) in [6.07, 6.45) is 1.36. The second-order valence-corrected chi connectivity index (χ2v) is 5.46. The number of aromatic carboxylic acids is 1. The van der Waals surface area contributed by atoms with Gasteiger partial charge in [-0.2, -0.15) is 0 Å². The molecule has 2 aromatic carbocycles. The van der Waals surface area contributed by atoms with Gasteiger partial charge in [-0.1, -0.05) is 30.0 Å². The van der Waals surface area contributed by atoms with Gasteiger partial charge in [0.2, 0.25) is 0 Å². The molecule has 3 rings (SSSR count). The maximum Gasteiger partial charge on any atom is 0.338 e. The molecule has 1 heterocycles. The van der Waals surface area contributed by atoms with E-state index in [2.05, 4.69) is 4.98 Å². The van der Waals surface area contributed by atoms with Crippen LogP contribution in [0.15, 0.2) is 64.5 Å². The van der Waals surface area contributed by atoms with Crippen molar-refractivity contribution in [3.63, 3.8) is 0 Å². The van der Waals surface area contributed by atoms with Gasteiger partial charge in [0.05, 0.1) is 11.1 Å². The van der Waals surface area contributed by atoms with Crippen molar-refractivity contribution in [3.8, 4) is 0 Å². The lowest BCUT2D eigenvalue weighted by molar-refractivity contribution is 0.0693. The number of benzene rings is 2. The minimum Gasteiger partial charge on any atom is -0.478 e. The standard InChI is InChI=1S/C16H10FNO2S/c17-10-5-7-11(8-6-10)21-15-12-3-1-2-4-14(12)18-9-13(15)16(19)20/h1-9H,(H,19,20). The first-order chi connectivity index (χ1) is 10.1. The van der Waals surface area contributed by atoms with Crippen molar-refractivity contribution >= 4 is 28.6 Å². The Morgan fingerprint density at radius 2 is 1.81 bits per heavy atom. The Bertz CT molecular complexity index is 818. The molecule has 3 nitrogen and oxygen atoms in total. The highest BCUT2D eigenvalue weighted by molar-refractivity contribution is 7.99. The Balaban J connectivity index is 2.16. The Labute approximate surface area is 124 Å². The van der Waals surface area contributed by atoms with E-state index >= 15 is 0 Å². The quantitative estimate of drug-likeness (QED) is 0.786. The Morgan fingerprint density at radius 3 is 2.52 bits per heavy atom. The number of hydrogen-bond donors (Lipinski definition) is 1. The maximum absolute atomic E-state index is 13.0. The summed E-state index contributed by atoms with van der Waals surface area (Å²) in [6, 6.07) is 13.3. The van der Waals surface area contributed by atoms with E-state index in [-0.39, 0.29) is 11.4 Å². The van der Waals surface area contributed by atoms with Crippen molar-refractivity contribution in [1.29, 1.82) is 0 Å². The number of aromatic nitrogens is 1. The van der Waals surface area contributed by atoms with E-state index in [9.17, 15) is 14.3 Å². The van der Waals surface area contributed by atoms with Crippen LogP contribution in [-0.2, 0) is 0 Å². The van der Waals surface area contributed by atoms with Crippen molar-refractivity contribution in [2.24, 2.45) is 0 Å². The van der Waals surface area contributed by atoms with Crippen LogP contribution in [0.4, 0.5) is 4.39 Å². The van der Waals surface area contributed by atoms with E-state index < -0.39 is 5.97 Å². The van der Waals surface area contributed by atoms with E-state index in [1.54, 1.807) is 12.1 Å². The molecule has 0 aliphatic carbocycles. The van der Waals surface area contributed by atoms with Gasteiger partial charge in [0.15, 0.2) is 0 Å². The minimum absolute atomic E-state index is 0.142. The van der Waals surface area contributed by atoms with Gasteiger partial charge in [-0.25, -0.2) is 9.18 Å². The van der Waals surface area contributed by atoms with Gasteiger partial charge in [0.1, 0.15) is 5.82 Å². The van der Waals surface area contributed by atoms with E-state index in [1.807, 2.05) is 24.3 Å².